The molecule has 1 aromatic heterocycles. The van der Waals surface area contributed by atoms with Gasteiger partial charge in [-0.15, -0.1) is 0 Å². The van der Waals surface area contributed by atoms with E-state index in [1.165, 1.54) is 10.9 Å². The van der Waals surface area contributed by atoms with E-state index >= 15 is 0 Å². The Morgan fingerprint density at radius 2 is 2.14 bits per heavy atom. The number of nitrogens with zero attached hydrogens (tertiary/aromatic N) is 3. The van der Waals surface area contributed by atoms with Gasteiger partial charge in [-0.05, 0) is 31.2 Å². The normalized spacial score (nSPS) is 10.0. The lowest BCUT2D eigenvalue weighted by Gasteiger charge is -2.07. The first-order valence-corrected chi connectivity index (χ1v) is 6.70. The minimum Gasteiger partial charge on any atom is -0.493 e. The van der Waals surface area contributed by atoms with Gasteiger partial charge in [0, 0.05) is 0 Å². The molecule has 22 heavy (non-hydrogen) atoms. The van der Waals surface area contributed by atoms with Crippen molar-refractivity contribution in [1.29, 1.82) is 5.26 Å². The average Bonchev–Trinajstić information content (AvgIpc) is 2.89. The van der Waals surface area contributed by atoms with Gasteiger partial charge < -0.3 is 14.6 Å². The highest BCUT2D eigenvalue weighted by atomic mass is 16.5. The topological polar surface area (TPSA) is 97.4 Å². The summed E-state index contributed by atoms with van der Waals surface area (Å²) in [5.74, 6) is -0.294. The van der Waals surface area contributed by atoms with E-state index in [0.29, 0.717) is 17.9 Å². The summed E-state index contributed by atoms with van der Waals surface area (Å²) in [5, 5.41) is 18.6. The van der Waals surface area contributed by atoms with Crippen molar-refractivity contribution in [2.45, 2.75) is 13.5 Å². The number of ether oxygens (including phenoxy) is 2. The summed E-state index contributed by atoms with van der Waals surface area (Å²) < 4.78 is 11.7. The Morgan fingerprint density at radius 1 is 1.41 bits per heavy atom. The molecular weight excluding hydrogens is 286 g/mol. The second-order valence-electron chi connectivity index (χ2n) is 4.32. The van der Waals surface area contributed by atoms with Crippen LogP contribution < -0.4 is 4.74 Å². The number of aromatic nitrogens is 2. The Bertz CT molecular complexity index is 686. The van der Waals surface area contributed by atoms with Crippen molar-refractivity contribution in [2.24, 2.45) is 0 Å². The standard InChI is InChI=1S/C15H15N3O4/c1-2-21-15(20)13-14(19)18(10-17-13)7-8-22-12-5-3-11(9-16)4-6-12/h3-6,10,19H,2,7-8H2,1H3. The van der Waals surface area contributed by atoms with E-state index in [4.69, 9.17) is 14.7 Å². The number of esters is 1. The lowest BCUT2D eigenvalue weighted by atomic mass is 10.2. The minimum atomic E-state index is -0.660. The second kappa shape index (κ2) is 7.13. The van der Waals surface area contributed by atoms with E-state index in [0.717, 1.165) is 0 Å². The van der Waals surface area contributed by atoms with Crippen LogP contribution in [0.25, 0.3) is 0 Å². The van der Waals surface area contributed by atoms with Gasteiger partial charge in [-0.25, -0.2) is 9.78 Å². The van der Waals surface area contributed by atoms with Crippen LogP contribution in [0.15, 0.2) is 30.6 Å². The van der Waals surface area contributed by atoms with Crippen molar-refractivity contribution < 1.29 is 19.4 Å². The average molecular weight is 301 g/mol. The molecule has 0 unspecified atom stereocenters. The highest BCUT2D eigenvalue weighted by Gasteiger charge is 2.18. The fraction of sp³-hybridized carbons (Fsp3) is 0.267. The zero-order valence-electron chi connectivity index (χ0n) is 12.0. The van der Waals surface area contributed by atoms with Gasteiger partial charge in [0.15, 0.2) is 0 Å². The molecule has 0 radical (unpaired) electrons. The SMILES string of the molecule is CCOC(=O)c1ncn(CCOc2ccc(C#N)cc2)c1O. The van der Waals surface area contributed by atoms with Crippen LogP contribution in [0.5, 0.6) is 11.6 Å². The fourth-order valence-electron chi connectivity index (χ4n) is 1.77. The number of nitriles is 1. The zero-order chi connectivity index (χ0) is 15.9. The molecule has 114 valence electrons. The first kappa shape index (κ1) is 15.4. The summed E-state index contributed by atoms with van der Waals surface area (Å²) in [6.07, 6.45) is 1.35. The van der Waals surface area contributed by atoms with Gasteiger partial charge in [0.1, 0.15) is 12.4 Å². The molecule has 0 spiro atoms. The van der Waals surface area contributed by atoms with Crippen LogP contribution in [0.4, 0.5) is 0 Å². The molecule has 0 fully saturated rings. The van der Waals surface area contributed by atoms with Crippen molar-refractivity contribution >= 4 is 5.97 Å². The van der Waals surface area contributed by atoms with E-state index in [2.05, 4.69) is 4.98 Å². The van der Waals surface area contributed by atoms with Crippen molar-refractivity contribution in [3.8, 4) is 17.7 Å². The number of aromatic hydroxyl groups is 1. The number of carbonyl (C=O) groups is 1. The van der Waals surface area contributed by atoms with Crippen molar-refractivity contribution in [2.75, 3.05) is 13.2 Å². The maximum absolute atomic E-state index is 11.5. The Labute approximate surface area is 127 Å². The van der Waals surface area contributed by atoms with Gasteiger partial charge in [0.2, 0.25) is 11.6 Å². The second-order valence-corrected chi connectivity index (χ2v) is 4.32. The van der Waals surface area contributed by atoms with Crippen molar-refractivity contribution in [3.63, 3.8) is 0 Å². The smallest absolute Gasteiger partial charge is 0.362 e. The van der Waals surface area contributed by atoms with E-state index in [9.17, 15) is 9.90 Å². The Morgan fingerprint density at radius 3 is 2.77 bits per heavy atom. The van der Waals surface area contributed by atoms with Crippen LogP contribution >= 0.6 is 0 Å². The number of hydrogen-bond donors (Lipinski definition) is 1. The third-order valence-corrected chi connectivity index (χ3v) is 2.86. The third-order valence-electron chi connectivity index (χ3n) is 2.86. The van der Waals surface area contributed by atoms with Crippen LogP contribution in [-0.2, 0) is 11.3 Å². The molecule has 0 saturated carbocycles. The summed E-state index contributed by atoms with van der Waals surface area (Å²) in [6.45, 7) is 2.49. The quantitative estimate of drug-likeness (QED) is 0.816. The maximum Gasteiger partial charge on any atom is 0.362 e. The molecule has 7 nitrogen and oxygen atoms in total. The van der Waals surface area contributed by atoms with Gasteiger partial charge >= 0.3 is 5.97 Å². The summed E-state index contributed by atoms with van der Waals surface area (Å²) >= 11 is 0. The highest BCUT2D eigenvalue weighted by molar-refractivity contribution is 5.89. The molecule has 0 saturated heterocycles. The summed E-state index contributed by atoms with van der Waals surface area (Å²) in [6, 6.07) is 8.72. The Hall–Kier alpha value is -3.01. The molecule has 0 atom stereocenters. The molecule has 0 aliphatic carbocycles. The monoisotopic (exact) mass is 301 g/mol. The summed E-state index contributed by atoms with van der Waals surface area (Å²) in [4.78, 5) is 15.3. The van der Waals surface area contributed by atoms with Gasteiger partial charge in [0.05, 0.1) is 31.1 Å². The first-order valence-electron chi connectivity index (χ1n) is 6.70. The molecule has 0 aliphatic rings. The Balaban J connectivity index is 1.92. The molecule has 1 N–H and O–H groups in total. The number of carbonyl (C=O) groups excluding carboxylic acids is 1. The molecule has 2 aromatic rings. The van der Waals surface area contributed by atoms with Crippen LogP contribution in [-0.4, -0.2) is 33.8 Å². The molecular formula is C15H15N3O4. The Kier molecular flexibility index (Phi) is 4.98. The van der Waals surface area contributed by atoms with Crippen LogP contribution in [0.2, 0.25) is 0 Å². The minimum absolute atomic E-state index is 0.111. The van der Waals surface area contributed by atoms with E-state index in [-0.39, 0.29) is 24.8 Å². The van der Waals surface area contributed by atoms with E-state index in [1.807, 2.05) is 6.07 Å². The molecule has 0 amide bonds. The number of imidazole rings is 1. The lowest BCUT2D eigenvalue weighted by molar-refractivity contribution is 0.0516. The van der Waals surface area contributed by atoms with Crippen LogP contribution in [0, 0.1) is 11.3 Å². The number of rotatable bonds is 6. The fourth-order valence-corrected chi connectivity index (χ4v) is 1.77. The third kappa shape index (κ3) is 3.55. The molecule has 1 aromatic carbocycles. The maximum atomic E-state index is 11.5. The highest BCUT2D eigenvalue weighted by Crippen LogP contribution is 2.17. The molecule has 0 aliphatic heterocycles. The first-order chi connectivity index (χ1) is 10.7. The largest absolute Gasteiger partial charge is 0.493 e. The van der Waals surface area contributed by atoms with Gasteiger partial charge in [0.25, 0.3) is 0 Å². The van der Waals surface area contributed by atoms with Gasteiger partial charge in [-0.3, -0.25) is 4.57 Å². The zero-order valence-corrected chi connectivity index (χ0v) is 12.0. The van der Waals surface area contributed by atoms with Crippen molar-refractivity contribution in [3.05, 3.63) is 41.9 Å². The van der Waals surface area contributed by atoms with E-state index < -0.39 is 5.97 Å². The molecule has 0 bridgehead atoms. The molecule has 1 heterocycles. The lowest BCUT2D eigenvalue weighted by Crippen LogP contribution is -2.08. The van der Waals surface area contributed by atoms with Gasteiger partial charge in [-0.2, -0.15) is 5.26 Å². The number of hydrogen-bond acceptors (Lipinski definition) is 6. The van der Waals surface area contributed by atoms with Crippen LogP contribution in [0.3, 0.4) is 0 Å². The van der Waals surface area contributed by atoms with Crippen molar-refractivity contribution in [1.82, 2.24) is 9.55 Å². The van der Waals surface area contributed by atoms with Gasteiger partial charge in [-0.1, -0.05) is 0 Å². The van der Waals surface area contributed by atoms with Crippen LogP contribution in [0.1, 0.15) is 23.0 Å². The summed E-state index contributed by atoms with van der Waals surface area (Å²) in [7, 11) is 0. The predicted octanol–water partition coefficient (Wildman–Crippen LogP) is 1.72. The number of benzene rings is 1. The summed E-state index contributed by atoms with van der Waals surface area (Å²) in [5.41, 5.74) is 0.443. The molecule has 7 heteroatoms. The predicted molar refractivity (Wildman–Crippen MR) is 76.5 cm³/mol. The molecule has 2 rings (SSSR count). The van der Waals surface area contributed by atoms with E-state index in [1.54, 1.807) is 31.2 Å².